The number of H-pyrrole nitrogens is 1. The number of benzene rings is 3. The van der Waals surface area contributed by atoms with E-state index in [0.717, 1.165) is 0 Å². The molecule has 0 bridgehead atoms. The van der Waals surface area contributed by atoms with E-state index in [1.807, 2.05) is 19.0 Å². The number of ether oxygens (including phenoxy) is 2. The number of aliphatic imine (C=N–C) groups is 1. The van der Waals surface area contributed by atoms with Gasteiger partial charge >= 0.3 is 6.29 Å². The largest absolute Gasteiger partial charge is 0.586 e. The molecular formula is C28H25ClF2N4O4. The topological polar surface area (TPSA) is 90.4 Å². The molecule has 2 heterocycles. The number of hydrogen-bond donors (Lipinski definition) is 2. The summed E-state index contributed by atoms with van der Waals surface area (Å²) in [6, 6.07) is 16.4. The van der Waals surface area contributed by atoms with Gasteiger partial charge in [-0.25, -0.2) is 4.99 Å². The first kappa shape index (κ1) is 26.5. The van der Waals surface area contributed by atoms with Crippen LogP contribution >= 0.6 is 11.6 Å². The van der Waals surface area contributed by atoms with E-state index in [1.165, 1.54) is 19.1 Å². The van der Waals surface area contributed by atoms with E-state index in [9.17, 15) is 18.7 Å². The van der Waals surface area contributed by atoms with E-state index in [1.54, 1.807) is 53.4 Å². The smallest absolute Gasteiger partial charge is 0.494 e. The number of amides is 1. The van der Waals surface area contributed by atoms with Gasteiger partial charge in [-0.05, 0) is 68.7 Å². The minimum absolute atomic E-state index is 0.0895. The number of nitrogens with one attached hydrogen (secondary N) is 1. The van der Waals surface area contributed by atoms with Gasteiger partial charge in [-0.1, -0.05) is 17.7 Å². The Morgan fingerprint density at radius 3 is 2.44 bits per heavy atom. The molecule has 5 rings (SSSR count). The van der Waals surface area contributed by atoms with Gasteiger partial charge in [0.25, 0.3) is 0 Å². The van der Waals surface area contributed by atoms with Crippen LogP contribution in [0.1, 0.15) is 18.1 Å². The molecule has 1 aromatic heterocycles. The molecule has 0 aliphatic carbocycles. The first-order chi connectivity index (χ1) is 18.5. The standard InChI is InChI=1S/C28H25ClF2N4O4/c1-16(36)35(13-12-34(2)3)20-8-6-19(7-9-20)32-26(17-4-11-23-24(14-17)39-28(30,31)38-23)25-21-10-5-18(29)15-22(21)33-27(25)37/h4-11,14-15,33,37H,12-13H2,1-3H3. The molecule has 1 amide bonds. The predicted molar refractivity (Wildman–Crippen MR) is 146 cm³/mol. The Morgan fingerprint density at radius 2 is 1.74 bits per heavy atom. The number of aromatic amines is 1. The van der Waals surface area contributed by atoms with Crippen LogP contribution < -0.4 is 14.4 Å². The highest BCUT2D eigenvalue weighted by molar-refractivity contribution is 6.31. The van der Waals surface area contributed by atoms with Crippen LogP contribution in [0.2, 0.25) is 5.02 Å². The zero-order chi connectivity index (χ0) is 27.9. The SMILES string of the molecule is CC(=O)N(CCN(C)C)c1ccc(N=C(c2ccc3c(c2)OC(F)(F)O3)c2c(O)[nH]c3cc(Cl)ccc23)cc1. The van der Waals surface area contributed by atoms with Crippen molar-refractivity contribution < 1.29 is 28.2 Å². The third kappa shape index (κ3) is 5.52. The number of nitrogens with zero attached hydrogens (tertiary/aromatic N) is 3. The molecule has 0 saturated heterocycles. The molecule has 4 aromatic rings. The highest BCUT2D eigenvalue weighted by atomic mass is 35.5. The van der Waals surface area contributed by atoms with Crippen LogP contribution in [0, 0.1) is 0 Å². The molecule has 0 fully saturated rings. The number of halogens is 3. The molecule has 0 atom stereocenters. The number of alkyl halides is 2. The Bertz CT molecular complexity index is 1580. The second-order valence-electron chi connectivity index (χ2n) is 9.32. The molecule has 0 radical (unpaired) electrons. The van der Waals surface area contributed by atoms with E-state index >= 15 is 0 Å². The van der Waals surface area contributed by atoms with Gasteiger partial charge < -0.3 is 29.4 Å². The van der Waals surface area contributed by atoms with E-state index in [-0.39, 0.29) is 23.3 Å². The van der Waals surface area contributed by atoms with Crippen LogP contribution in [-0.2, 0) is 4.79 Å². The van der Waals surface area contributed by atoms with Crippen LogP contribution in [0.5, 0.6) is 17.4 Å². The highest BCUT2D eigenvalue weighted by Crippen LogP contribution is 2.42. The normalized spacial score (nSPS) is 14.3. The third-order valence-corrected chi connectivity index (χ3v) is 6.44. The number of aromatic nitrogens is 1. The molecule has 1 aliphatic heterocycles. The molecule has 2 N–H and O–H groups in total. The molecule has 39 heavy (non-hydrogen) atoms. The van der Waals surface area contributed by atoms with Gasteiger partial charge in [-0.3, -0.25) is 4.79 Å². The van der Waals surface area contributed by atoms with Gasteiger partial charge in [0.1, 0.15) is 0 Å². The van der Waals surface area contributed by atoms with Crippen molar-refractivity contribution in [2.75, 3.05) is 32.1 Å². The monoisotopic (exact) mass is 554 g/mol. The Hall–Kier alpha value is -4.15. The molecule has 3 aromatic carbocycles. The summed E-state index contributed by atoms with van der Waals surface area (Å²) in [6.45, 7) is 2.72. The molecule has 8 nitrogen and oxygen atoms in total. The van der Waals surface area contributed by atoms with E-state index in [2.05, 4.69) is 14.5 Å². The zero-order valence-electron chi connectivity index (χ0n) is 21.3. The van der Waals surface area contributed by atoms with E-state index in [4.69, 9.17) is 16.6 Å². The van der Waals surface area contributed by atoms with E-state index in [0.29, 0.717) is 57.2 Å². The van der Waals surface area contributed by atoms with Crippen molar-refractivity contribution in [3.05, 3.63) is 76.8 Å². The van der Waals surface area contributed by atoms with Crippen LogP contribution in [0.3, 0.4) is 0 Å². The summed E-state index contributed by atoms with van der Waals surface area (Å²) < 4.78 is 36.6. The minimum atomic E-state index is -3.77. The Morgan fingerprint density at radius 1 is 1.03 bits per heavy atom. The number of rotatable bonds is 7. The summed E-state index contributed by atoms with van der Waals surface area (Å²) in [5.74, 6) is -0.518. The molecule has 1 aliphatic rings. The molecule has 0 spiro atoms. The summed E-state index contributed by atoms with van der Waals surface area (Å²) in [5.41, 5.74) is 2.85. The number of anilines is 1. The first-order valence-electron chi connectivity index (χ1n) is 12.0. The number of carbonyl (C=O) groups excluding carboxylic acids is 1. The maximum absolute atomic E-state index is 13.7. The van der Waals surface area contributed by atoms with Crippen molar-refractivity contribution in [2.45, 2.75) is 13.2 Å². The molecular weight excluding hydrogens is 530 g/mol. The number of hydrogen-bond acceptors (Lipinski definition) is 6. The summed E-state index contributed by atoms with van der Waals surface area (Å²) in [4.78, 5) is 23.6. The third-order valence-electron chi connectivity index (χ3n) is 6.21. The lowest BCUT2D eigenvalue weighted by Crippen LogP contribution is -2.35. The maximum Gasteiger partial charge on any atom is 0.586 e. The molecule has 11 heteroatoms. The number of likely N-dealkylation sites (N-methyl/N-ethyl adjacent to an activating group) is 1. The van der Waals surface area contributed by atoms with Crippen molar-refractivity contribution in [1.29, 1.82) is 0 Å². The summed E-state index contributed by atoms with van der Waals surface area (Å²) in [5, 5.41) is 12.0. The van der Waals surface area contributed by atoms with Gasteiger partial charge in [0.2, 0.25) is 5.91 Å². The van der Waals surface area contributed by atoms with Gasteiger partial charge in [0.05, 0.1) is 22.5 Å². The van der Waals surface area contributed by atoms with E-state index < -0.39 is 6.29 Å². The summed E-state index contributed by atoms with van der Waals surface area (Å²) >= 11 is 6.14. The van der Waals surface area contributed by atoms with Crippen molar-refractivity contribution in [1.82, 2.24) is 9.88 Å². The fourth-order valence-electron chi connectivity index (χ4n) is 4.36. The summed E-state index contributed by atoms with van der Waals surface area (Å²) in [6.07, 6.45) is -3.77. The van der Waals surface area contributed by atoms with Crippen LogP contribution in [0.4, 0.5) is 20.2 Å². The molecule has 202 valence electrons. The van der Waals surface area contributed by atoms with Crippen molar-refractivity contribution in [3.63, 3.8) is 0 Å². The lowest BCUT2D eigenvalue weighted by Gasteiger charge is -2.23. The number of fused-ring (bicyclic) bond motifs is 2. The lowest BCUT2D eigenvalue weighted by atomic mass is 10.00. The average molecular weight is 555 g/mol. The first-order valence-corrected chi connectivity index (χ1v) is 12.4. The van der Waals surface area contributed by atoms with Crippen LogP contribution in [0.15, 0.2) is 65.7 Å². The maximum atomic E-state index is 13.7. The zero-order valence-corrected chi connectivity index (χ0v) is 22.1. The quantitative estimate of drug-likeness (QED) is 0.276. The lowest BCUT2D eigenvalue weighted by molar-refractivity contribution is -0.286. The van der Waals surface area contributed by atoms with Gasteiger partial charge in [-0.15, -0.1) is 8.78 Å². The predicted octanol–water partition coefficient (Wildman–Crippen LogP) is 5.93. The van der Waals surface area contributed by atoms with Crippen molar-refractivity contribution >= 4 is 45.5 Å². The average Bonchev–Trinajstić information content (AvgIpc) is 3.35. The fourth-order valence-corrected chi connectivity index (χ4v) is 4.53. The molecule has 0 unspecified atom stereocenters. The van der Waals surface area contributed by atoms with Gasteiger partial charge in [0, 0.05) is 41.7 Å². The minimum Gasteiger partial charge on any atom is -0.494 e. The summed E-state index contributed by atoms with van der Waals surface area (Å²) in [7, 11) is 3.87. The molecule has 0 saturated carbocycles. The Labute approximate surface area is 228 Å². The highest BCUT2D eigenvalue weighted by Gasteiger charge is 2.43. The second-order valence-corrected chi connectivity index (χ2v) is 9.75. The second kappa shape index (κ2) is 10.2. The van der Waals surface area contributed by atoms with Gasteiger partial charge in [-0.2, -0.15) is 0 Å². The van der Waals surface area contributed by atoms with Crippen LogP contribution in [-0.4, -0.2) is 60.1 Å². The fraction of sp³-hybridized carbons (Fsp3) is 0.214. The Balaban J connectivity index is 1.60. The van der Waals surface area contributed by atoms with Crippen molar-refractivity contribution in [3.8, 4) is 17.4 Å². The Kier molecular flexibility index (Phi) is 6.92. The number of aromatic hydroxyl groups is 1. The number of carbonyl (C=O) groups is 1. The van der Waals surface area contributed by atoms with Crippen LogP contribution in [0.25, 0.3) is 10.9 Å². The van der Waals surface area contributed by atoms with Crippen molar-refractivity contribution in [2.24, 2.45) is 4.99 Å². The van der Waals surface area contributed by atoms with Gasteiger partial charge in [0.15, 0.2) is 17.4 Å².